The van der Waals surface area contributed by atoms with Gasteiger partial charge in [0.15, 0.2) is 0 Å². The highest BCUT2D eigenvalue weighted by atomic mass is 16.2. The van der Waals surface area contributed by atoms with Crippen LogP contribution in [-0.4, -0.2) is 34.8 Å². The van der Waals surface area contributed by atoms with Gasteiger partial charge in [0.2, 0.25) is 11.8 Å². The molecule has 1 N–H and O–H groups in total. The molecule has 0 aromatic carbocycles. The quantitative estimate of drug-likeness (QED) is 0.861. The number of hydrogen-bond donors (Lipinski definition) is 1. The average molecular weight is 282 g/mol. The number of hydrogen-bond acceptors (Lipinski definition) is 2. The van der Waals surface area contributed by atoms with Crippen LogP contribution in [0.3, 0.4) is 0 Å². The van der Waals surface area contributed by atoms with Gasteiger partial charge in [0.1, 0.15) is 11.6 Å². The van der Waals surface area contributed by atoms with Gasteiger partial charge in [0, 0.05) is 6.54 Å². The van der Waals surface area contributed by atoms with E-state index in [0.29, 0.717) is 19.4 Å². The Kier molecular flexibility index (Phi) is 4.88. The Labute approximate surface area is 123 Å². The van der Waals surface area contributed by atoms with E-state index in [1.165, 1.54) is 0 Å². The standard InChI is InChI=1S/C16H30N2O2/c1-8-16(9-2)14(20)18(10-15(5,6)7)12(11(3)4)13(19)17-16/h11-12H,8-10H2,1-7H3,(H,17,19). The van der Waals surface area contributed by atoms with Crippen LogP contribution in [0.2, 0.25) is 0 Å². The van der Waals surface area contributed by atoms with Crippen LogP contribution in [0.1, 0.15) is 61.3 Å². The molecule has 1 saturated heterocycles. The van der Waals surface area contributed by atoms with Crippen molar-refractivity contribution in [2.75, 3.05) is 6.54 Å². The van der Waals surface area contributed by atoms with Crippen LogP contribution in [0, 0.1) is 11.3 Å². The van der Waals surface area contributed by atoms with E-state index in [0.717, 1.165) is 0 Å². The zero-order chi connectivity index (χ0) is 15.7. The summed E-state index contributed by atoms with van der Waals surface area (Å²) < 4.78 is 0. The third-order valence-electron chi connectivity index (χ3n) is 4.12. The first-order chi connectivity index (χ1) is 9.08. The molecule has 1 atom stereocenters. The Morgan fingerprint density at radius 1 is 1.20 bits per heavy atom. The highest BCUT2D eigenvalue weighted by Gasteiger charge is 2.50. The lowest BCUT2D eigenvalue weighted by atomic mass is 9.83. The van der Waals surface area contributed by atoms with Crippen LogP contribution in [0.15, 0.2) is 0 Å². The number of carbonyl (C=O) groups is 2. The lowest BCUT2D eigenvalue weighted by Crippen LogP contribution is -2.71. The van der Waals surface area contributed by atoms with Crippen molar-refractivity contribution in [2.45, 2.75) is 72.9 Å². The first-order valence-electron chi connectivity index (χ1n) is 7.71. The maximum atomic E-state index is 13.0. The monoisotopic (exact) mass is 282 g/mol. The van der Waals surface area contributed by atoms with Crippen molar-refractivity contribution < 1.29 is 9.59 Å². The Bertz CT molecular complexity index is 378. The minimum absolute atomic E-state index is 0.00690. The largest absolute Gasteiger partial charge is 0.340 e. The van der Waals surface area contributed by atoms with Crippen molar-refractivity contribution >= 4 is 11.8 Å². The molecule has 0 aromatic heterocycles. The van der Waals surface area contributed by atoms with E-state index in [1.54, 1.807) is 0 Å². The summed E-state index contributed by atoms with van der Waals surface area (Å²) >= 11 is 0. The maximum Gasteiger partial charge on any atom is 0.249 e. The van der Waals surface area contributed by atoms with E-state index >= 15 is 0 Å². The molecule has 4 nitrogen and oxygen atoms in total. The summed E-state index contributed by atoms with van der Waals surface area (Å²) in [6, 6.07) is -0.354. The van der Waals surface area contributed by atoms with Crippen molar-refractivity contribution in [3.63, 3.8) is 0 Å². The van der Waals surface area contributed by atoms with Crippen LogP contribution in [-0.2, 0) is 9.59 Å². The molecule has 0 aliphatic carbocycles. The number of rotatable bonds is 4. The second kappa shape index (κ2) is 5.74. The van der Waals surface area contributed by atoms with E-state index in [4.69, 9.17) is 0 Å². The molecule has 0 bridgehead atoms. The smallest absolute Gasteiger partial charge is 0.249 e. The first-order valence-corrected chi connectivity index (χ1v) is 7.71. The molecule has 1 aliphatic heterocycles. The third-order valence-corrected chi connectivity index (χ3v) is 4.12. The van der Waals surface area contributed by atoms with Crippen molar-refractivity contribution in [3.8, 4) is 0 Å². The number of nitrogens with zero attached hydrogens (tertiary/aromatic N) is 1. The number of nitrogens with one attached hydrogen (secondary N) is 1. The second-order valence-corrected chi connectivity index (χ2v) is 7.46. The Balaban J connectivity index is 3.21. The summed E-state index contributed by atoms with van der Waals surface area (Å²) in [5.41, 5.74) is -0.735. The fraction of sp³-hybridized carbons (Fsp3) is 0.875. The molecule has 1 unspecified atom stereocenters. The summed E-state index contributed by atoms with van der Waals surface area (Å²) in [6.45, 7) is 14.8. The molecule has 0 aromatic rings. The molecule has 0 radical (unpaired) electrons. The normalized spacial score (nSPS) is 23.2. The molecular weight excluding hydrogens is 252 g/mol. The molecule has 1 aliphatic rings. The maximum absolute atomic E-state index is 13.0. The molecule has 0 spiro atoms. The SMILES string of the molecule is CCC1(CC)NC(=O)C(C(C)C)N(CC(C)(C)C)C1=O. The van der Waals surface area contributed by atoms with Gasteiger partial charge in [-0.3, -0.25) is 9.59 Å². The van der Waals surface area contributed by atoms with E-state index in [9.17, 15) is 9.59 Å². The second-order valence-electron chi connectivity index (χ2n) is 7.46. The zero-order valence-corrected chi connectivity index (χ0v) is 14.0. The van der Waals surface area contributed by atoms with Gasteiger partial charge in [-0.1, -0.05) is 48.5 Å². The van der Waals surface area contributed by atoms with Crippen molar-refractivity contribution in [2.24, 2.45) is 11.3 Å². The van der Waals surface area contributed by atoms with Crippen molar-refractivity contribution in [1.82, 2.24) is 10.2 Å². The number of amides is 2. The summed E-state index contributed by atoms with van der Waals surface area (Å²) in [5.74, 6) is 0.191. The molecule has 116 valence electrons. The lowest BCUT2D eigenvalue weighted by Gasteiger charge is -2.48. The topological polar surface area (TPSA) is 49.4 Å². The Morgan fingerprint density at radius 3 is 2.05 bits per heavy atom. The summed E-state index contributed by atoms with van der Waals surface area (Å²) in [5, 5.41) is 3.00. The van der Waals surface area contributed by atoms with Crippen LogP contribution in [0.4, 0.5) is 0 Å². The van der Waals surface area contributed by atoms with E-state index < -0.39 is 5.54 Å². The van der Waals surface area contributed by atoms with Crippen LogP contribution in [0.25, 0.3) is 0 Å². The van der Waals surface area contributed by atoms with Gasteiger partial charge in [-0.2, -0.15) is 0 Å². The molecule has 20 heavy (non-hydrogen) atoms. The van der Waals surface area contributed by atoms with Crippen molar-refractivity contribution in [1.29, 1.82) is 0 Å². The van der Waals surface area contributed by atoms with Crippen LogP contribution >= 0.6 is 0 Å². The number of piperazine rings is 1. The third kappa shape index (κ3) is 3.15. The average Bonchev–Trinajstić information content (AvgIpc) is 2.31. The fourth-order valence-corrected chi connectivity index (χ4v) is 2.98. The van der Waals surface area contributed by atoms with Crippen molar-refractivity contribution in [3.05, 3.63) is 0 Å². The zero-order valence-electron chi connectivity index (χ0n) is 14.0. The van der Waals surface area contributed by atoms with Gasteiger partial charge >= 0.3 is 0 Å². The highest BCUT2D eigenvalue weighted by molar-refractivity contribution is 6.00. The molecular formula is C16H30N2O2. The van der Waals surface area contributed by atoms with Gasteiger partial charge in [-0.25, -0.2) is 0 Å². The summed E-state index contributed by atoms with van der Waals surface area (Å²) in [4.78, 5) is 27.3. The Hall–Kier alpha value is -1.06. The van der Waals surface area contributed by atoms with E-state index in [-0.39, 0.29) is 29.2 Å². The predicted octanol–water partition coefficient (Wildman–Crippen LogP) is 2.57. The summed E-state index contributed by atoms with van der Waals surface area (Å²) in [7, 11) is 0. The molecule has 1 heterocycles. The molecule has 0 saturated carbocycles. The van der Waals surface area contributed by atoms with Gasteiger partial charge in [-0.15, -0.1) is 0 Å². The molecule has 1 fully saturated rings. The van der Waals surface area contributed by atoms with Gasteiger partial charge in [0.05, 0.1) is 0 Å². The highest BCUT2D eigenvalue weighted by Crippen LogP contribution is 2.30. The minimum atomic E-state index is -0.715. The van der Waals surface area contributed by atoms with Gasteiger partial charge in [-0.05, 0) is 24.2 Å². The van der Waals surface area contributed by atoms with Crippen LogP contribution < -0.4 is 5.32 Å². The van der Waals surface area contributed by atoms with Crippen LogP contribution in [0.5, 0.6) is 0 Å². The molecule has 2 amide bonds. The predicted molar refractivity (Wildman–Crippen MR) is 81.2 cm³/mol. The fourth-order valence-electron chi connectivity index (χ4n) is 2.98. The lowest BCUT2D eigenvalue weighted by molar-refractivity contribution is -0.159. The van der Waals surface area contributed by atoms with Gasteiger partial charge in [0.25, 0.3) is 0 Å². The Morgan fingerprint density at radius 2 is 1.70 bits per heavy atom. The van der Waals surface area contributed by atoms with E-state index in [1.807, 2.05) is 32.6 Å². The molecule has 4 heteroatoms. The minimum Gasteiger partial charge on any atom is -0.340 e. The number of carbonyl (C=O) groups excluding carboxylic acids is 2. The van der Waals surface area contributed by atoms with Gasteiger partial charge < -0.3 is 10.2 Å². The molecule has 1 rings (SSSR count). The summed E-state index contributed by atoms with van der Waals surface area (Å²) in [6.07, 6.45) is 1.28. The first kappa shape index (κ1) is 17.0. The van der Waals surface area contributed by atoms with E-state index in [2.05, 4.69) is 26.1 Å².